The minimum Gasteiger partial charge on any atom is -0.396 e. The first-order chi connectivity index (χ1) is 13.0. The van der Waals surface area contributed by atoms with Crippen molar-refractivity contribution < 1.29 is 5.11 Å². The highest BCUT2D eigenvalue weighted by Crippen LogP contribution is 2.21. The van der Waals surface area contributed by atoms with Crippen molar-refractivity contribution in [3.8, 4) is 0 Å². The van der Waals surface area contributed by atoms with E-state index in [-0.39, 0.29) is 6.61 Å². The van der Waals surface area contributed by atoms with Gasteiger partial charge in [0.25, 0.3) is 0 Å². The number of benzene rings is 1. The quantitative estimate of drug-likeness (QED) is 0.814. The highest BCUT2D eigenvalue weighted by atomic mass is 16.3. The molecule has 0 bridgehead atoms. The third-order valence-corrected chi connectivity index (χ3v) is 5.87. The van der Waals surface area contributed by atoms with Gasteiger partial charge in [0.1, 0.15) is 0 Å². The van der Waals surface area contributed by atoms with Crippen LogP contribution in [0, 0.1) is 20.8 Å². The van der Waals surface area contributed by atoms with Gasteiger partial charge in [0.2, 0.25) is 0 Å². The molecular formula is C22H34N4O. The van der Waals surface area contributed by atoms with Crippen LogP contribution >= 0.6 is 0 Å². The zero-order valence-electron chi connectivity index (χ0n) is 17.3. The van der Waals surface area contributed by atoms with Crippen molar-refractivity contribution >= 4 is 0 Å². The Balaban J connectivity index is 1.66. The molecule has 1 saturated heterocycles. The van der Waals surface area contributed by atoms with Gasteiger partial charge in [-0.1, -0.05) is 29.8 Å². The Morgan fingerprint density at radius 2 is 1.81 bits per heavy atom. The van der Waals surface area contributed by atoms with Crippen LogP contribution in [-0.4, -0.2) is 57.0 Å². The average molecular weight is 371 g/mol. The van der Waals surface area contributed by atoms with Gasteiger partial charge in [-0.15, -0.1) is 0 Å². The molecule has 1 atom stereocenters. The van der Waals surface area contributed by atoms with Gasteiger partial charge in [0.15, 0.2) is 0 Å². The van der Waals surface area contributed by atoms with Gasteiger partial charge in [-0.3, -0.25) is 14.5 Å². The summed E-state index contributed by atoms with van der Waals surface area (Å²) >= 11 is 0. The molecule has 1 unspecified atom stereocenters. The van der Waals surface area contributed by atoms with Crippen molar-refractivity contribution in [2.24, 2.45) is 0 Å². The average Bonchev–Trinajstić information content (AvgIpc) is 2.93. The van der Waals surface area contributed by atoms with E-state index in [2.05, 4.69) is 71.5 Å². The van der Waals surface area contributed by atoms with E-state index in [4.69, 9.17) is 0 Å². The van der Waals surface area contributed by atoms with Crippen LogP contribution in [0.1, 0.15) is 41.4 Å². The Bertz CT molecular complexity index is 738. The standard InChI is InChI=1S/C22H34N4O/c1-5-26-19(4)22(18(3)23-26)16-24-11-12-25(21(15-24)10-13-27)14-20-8-6-17(2)7-9-20/h6-9,21,27H,5,10-16H2,1-4H3. The number of aliphatic hydroxyl groups is 1. The lowest BCUT2D eigenvalue weighted by Crippen LogP contribution is -2.52. The topological polar surface area (TPSA) is 44.5 Å². The lowest BCUT2D eigenvalue weighted by Gasteiger charge is -2.41. The van der Waals surface area contributed by atoms with Crippen LogP contribution < -0.4 is 0 Å². The van der Waals surface area contributed by atoms with Crippen LogP contribution in [-0.2, 0) is 19.6 Å². The summed E-state index contributed by atoms with van der Waals surface area (Å²) in [7, 11) is 0. The van der Waals surface area contributed by atoms with E-state index in [0.717, 1.165) is 51.4 Å². The first kappa shape index (κ1) is 20.1. The lowest BCUT2D eigenvalue weighted by atomic mass is 10.0. The Hall–Kier alpha value is -1.69. The highest BCUT2D eigenvalue weighted by Gasteiger charge is 2.27. The number of aromatic nitrogens is 2. The predicted octanol–water partition coefficient (Wildman–Crippen LogP) is 2.90. The second kappa shape index (κ2) is 9.00. The molecule has 5 heteroatoms. The predicted molar refractivity (Wildman–Crippen MR) is 110 cm³/mol. The summed E-state index contributed by atoms with van der Waals surface area (Å²) in [4.78, 5) is 5.07. The Morgan fingerprint density at radius 3 is 2.44 bits per heavy atom. The van der Waals surface area contributed by atoms with Crippen molar-refractivity contribution in [2.75, 3.05) is 26.2 Å². The monoisotopic (exact) mass is 370 g/mol. The lowest BCUT2D eigenvalue weighted by molar-refractivity contribution is 0.0498. The molecule has 5 nitrogen and oxygen atoms in total. The van der Waals surface area contributed by atoms with E-state index >= 15 is 0 Å². The number of hydrogen-bond donors (Lipinski definition) is 1. The molecule has 2 heterocycles. The van der Waals surface area contributed by atoms with Gasteiger partial charge in [-0.25, -0.2) is 0 Å². The van der Waals surface area contributed by atoms with Gasteiger partial charge in [-0.2, -0.15) is 5.10 Å². The van der Waals surface area contributed by atoms with E-state index in [0.29, 0.717) is 6.04 Å². The molecule has 1 N–H and O–H groups in total. The molecule has 1 aliphatic rings. The molecule has 0 aliphatic carbocycles. The Kier molecular flexibility index (Phi) is 6.68. The van der Waals surface area contributed by atoms with Gasteiger partial charge >= 0.3 is 0 Å². The Morgan fingerprint density at radius 1 is 1.07 bits per heavy atom. The van der Waals surface area contributed by atoms with Gasteiger partial charge in [0.05, 0.1) is 5.69 Å². The molecule has 2 aromatic rings. The number of aliphatic hydroxyl groups excluding tert-OH is 1. The second-order valence-corrected chi connectivity index (χ2v) is 7.82. The second-order valence-electron chi connectivity index (χ2n) is 7.82. The SMILES string of the molecule is CCn1nc(C)c(CN2CCN(Cc3ccc(C)cc3)C(CCO)C2)c1C. The molecule has 1 aromatic carbocycles. The van der Waals surface area contributed by atoms with E-state index in [9.17, 15) is 5.11 Å². The molecule has 0 radical (unpaired) electrons. The summed E-state index contributed by atoms with van der Waals surface area (Å²) in [5.41, 5.74) is 6.46. The van der Waals surface area contributed by atoms with Crippen molar-refractivity contribution in [1.29, 1.82) is 0 Å². The molecular weight excluding hydrogens is 336 g/mol. The van der Waals surface area contributed by atoms with Gasteiger partial charge in [0, 0.05) is 63.2 Å². The third kappa shape index (κ3) is 4.78. The van der Waals surface area contributed by atoms with Crippen LogP contribution in [0.4, 0.5) is 0 Å². The van der Waals surface area contributed by atoms with E-state index in [1.54, 1.807) is 0 Å². The van der Waals surface area contributed by atoms with Crippen molar-refractivity contribution in [3.05, 3.63) is 52.3 Å². The van der Waals surface area contributed by atoms with Crippen LogP contribution in [0.5, 0.6) is 0 Å². The number of hydrogen-bond acceptors (Lipinski definition) is 4. The molecule has 1 aliphatic heterocycles. The highest BCUT2D eigenvalue weighted by molar-refractivity contribution is 5.25. The largest absolute Gasteiger partial charge is 0.396 e. The number of rotatable bonds is 7. The van der Waals surface area contributed by atoms with Crippen LogP contribution in [0.3, 0.4) is 0 Å². The zero-order chi connectivity index (χ0) is 19.4. The van der Waals surface area contributed by atoms with Gasteiger partial charge < -0.3 is 5.11 Å². The minimum atomic E-state index is 0.245. The maximum atomic E-state index is 9.58. The van der Waals surface area contributed by atoms with Crippen LogP contribution in [0.15, 0.2) is 24.3 Å². The first-order valence-electron chi connectivity index (χ1n) is 10.2. The summed E-state index contributed by atoms with van der Waals surface area (Å²) in [6.45, 7) is 14.8. The summed E-state index contributed by atoms with van der Waals surface area (Å²) < 4.78 is 2.10. The molecule has 1 fully saturated rings. The van der Waals surface area contributed by atoms with Crippen LogP contribution in [0.25, 0.3) is 0 Å². The molecule has 148 valence electrons. The van der Waals surface area contributed by atoms with Gasteiger partial charge in [-0.05, 0) is 39.7 Å². The Labute approximate surface area is 163 Å². The molecule has 0 amide bonds. The fourth-order valence-corrected chi connectivity index (χ4v) is 4.15. The fourth-order valence-electron chi connectivity index (χ4n) is 4.15. The van der Waals surface area contributed by atoms with Crippen molar-refractivity contribution in [1.82, 2.24) is 19.6 Å². The van der Waals surface area contributed by atoms with Crippen molar-refractivity contribution in [3.63, 3.8) is 0 Å². The van der Waals surface area contributed by atoms with E-state index < -0.39 is 0 Å². The normalized spacial score (nSPS) is 18.9. The van der Waals surface area contributed by atoms with E-state index in [1.807, 2.05) is 0 Å². The number of aryl methyl sites for hydroxylation is 3. The minimum absolute atomic E-state index is 0.245. The molecule has 0 saturated carbocycles. The van der Waals surface area contributed by atoms with E-state index in [1.165, 1.54) is 22.4 Å². The summed E-state index contributed by atoms with van der Waals surface area (Å²) in [6, 6.07) is 9.21. The maximum absolute atomic E-state index is 9.58. The summed E-state index contributed by atoms with van der Waals surface area (Å²) in [5, 5.41) is 14.2. The molecule has 1 aromatic heterocycles. The zero-order valence-corrected chi connectivity index (χ0v) is 17.3. The summed E-state index contributed by atoms with van der Waals surface area (Å²) in [6.07, 6.45) is 0.828. The molecule has 0 spiro atoms. The first-order valence-corrected chi connectivity index (χ1v) is 10.2. The molecule has 27 heavy (non-hydrogen) atoms. The number of piperazine rings is 1. The summed E-state index contributed by atoms with van der Waals surface area (Å²) in [5.74, 6) is 0. The third-order valence-electron chi connectivity index (χ3n) is 5.87. The number of nitrogens with zero attached hydrogens (tertiary/aromatic N) is 4. The van der Waals surface area contributed by atoms with Crippen LogP contribution in [0.2, 0.25) is 0 Å². The fraction of sp³-hybridized carbons (Fsp3) is 0.591. The smallest absolute Gasteiger partial charge is 0.0641 e. The maximum Gasteiger partial charge on any atom is 0.0641 e. The van der Waals surface area contributed by atoms with Crippen molar-refractivity contribution in [2.45, 2.75) is 59.8 Å². The molecule has 3 rings (SSSR count).